The van der Waals surface area contributed by atoms with Gasteiger partial charge in [-0.05, 0) is 61.9 Å². The fourth-order valence-electron chi connectivity index (χ4n) is 3.35. The highest BCUT2D eigenvalue weighted by Crippen LogP contribution is 2.23. The van der Waals surface area contributed by atoms with Gasteiger partial charge in [0.25, 0.3) is 11.8 Å². The molecule has 0 unspecified atom stereocenters. The molecule has 28 heavy (non-hydrogen) atoms. The Kier molecular flexibility index (Phi) is 6.34. The van der Waals surface area contributed by atoms with E-state index in [9.17, 15) is 9.59 Å². The number of rotatable bonds is 5. The molecule has 0 aliphatic carbocycles. The van der Waals surface area contributed by atoms with E-state index >= 15 is 0 Å². The van der Waals surface area contributed by atoms with E-state index in [1.165, 1.54) is 0 Å². The number of benzene rings is 2. The summed E-state index contributed by atoms with van der Waals surface area (Å²) in [5, 5.41) is 2.83. The quantitative estimate of drug-likeness (QED) is 0.846. The van der Waals surface area contributed by atoms with Gasteiger partial charge in [-0.1, -0.05) is 31.2 Å². The Morgan fingerprint density at radius 2 is 1.82 bits per heavy atom. The number of ether oxygens (including phenoxy) is 1. The summed E-state index contributed by atoms with van der Waals surface area (Å²) in [6, 6.07) is 13.0. The molecule has 1 aliphatic rings. The van der Waals surface area contributed by atoms with Gasteiger partial charge in [0, 0.05) is 13.1 Å². The highest BCUT2D eigenvalue weighted by atomic mass is 16.5. The number of nitrogens with zero attached hydrogens (tertiary/aromatic N) is 1. The summed E-state index contributed by atoms with van der Waals surface area (Å²) in [6.07, 6.45) is 2.04. The number of carbonyl (C=O) groups excluding carboxylic acids is 2. The van der Waals surface area contributed by atoms with E-state index in [2.05, 4.69) is 12.2 Å². The second kappa shape index (κ2) is 8.91. The Morgan fingerprint density at radius 1 is 1.11 bits per heavy atom. The van der Waals surface area contributed by atoms with Gasteiger partial charge in [0.15, 0.2) is 6.61 Å². The van der Waals surface area contributed by atoms with Gasteiger partial charge in [-0.3, -0.25) is 9.59 Å². The maximum atomic E-state index is 12.9. The van der Waals surface area contributed by atoms with E-state index in [0.717, 1.165) is 37.1 Å². The Labute approximate surface area is 166 Å². The third kappa shape index (κ3) is 4.91. The van der Waals surface area contributed by atoms with Crippen molar-refractivity contribution in [3.8, 4) is 5.75 Å². The molecule has 1 aliphatic heterocycles. The number of piperidine rings is 1. The molecule has 148 valence electrons. The summed E-state index contributed by atoms with van der Waals surface area (Å²) >= 11 is 0. The van der Waals surface area contributed by atoms with Crippen LogP contribution < -0.4 is 10.1 Å². The molecule has 0 spiro atoms. The fraction of sp³-hybridized carbons (Fsp3) is 0.391. The lowest BCUT2D eigenvalue weighted by molar-refractivity contribution is -0.118. The Morgan fingerprint density at radius 3 is 2.57 bits per heavy atom. The number of anilines is 1. The summed E-state index contributed by atoms with van der Waals surface area (Å²) in [4.78, 5) is 27.2. The number of nitrogens with one attached hydrogen (secondary N) is 1. The molecule has 2 aromatic carbocycles. The lowest BCUT2D eigenvalue weighted by atomic mass is 9.98. The molecule has 1 fully saturated rings. The van der Waals surface area contributed by atoms with Crippen molar-refractivity contribution in [3.05, 3.63) is 59.2 Å². The molecule has 5 heteroatoms. The molecular formula is C23H28N2O3. The lowest BCUT2D eigenvalue weighted by Gasteiger charge is -2.30. The topological polar surface area (TPSA) is 58.6 Å². The van der Waals surface area contributed by atoms with Gasteiger partial charge in [-0.2, -0.15) is 0 Å². The average Bonchev–Trinajstić information content (AvgIpc) is 2.69. The van der Waals surface area contributed by atoms with Crippen LogP contribution in [0.2, 0.25) is 0 Å². The predicted molar refractivity (Wildman–Crippen MR) is 111 cm³/mol. The highest BCUT2D eigenvalue weighted by Gasteiger charge is 2.23. The zero-order valence-electron chi connectivity index (χ0n) is 16.8. The van der Waals surface area contributed by atoms with Crippen molar-refractivity contribution < 1.29 is 14.3 Å². The van der Waals surface area contributed by atoms with E-state index in [-0.39, 0.29) is 18.4 Å². The third-order valence-corrected chi connectivity index (χ3v) is 5.20. The molecular weight excluding hydrogens is 352 g/mol. The van der Waals surface area contributed by atoms with Gasteiger partial charge in [0.2, 0.25) is 0 Å². The maximum Gasteiger partial charge on any atom is 0.262 e. The standard InChI is InChI=1S/C23H28N2O3/c1-16-10-12-25(13-11-16)23(27)19-6-4-5-7-20(19)24-22(26)15-28-21-14-17(2)8-9-18(21)3/h4-9,14,16H,10-13,15H2,1-3H3,(H,24,26). The first-order valence-corrected chi connectivity index (χ1v) is 9.82. The Balaban J connectivity index is 1.65. The van der Waals surface area contributed by atoms with Gasteiger partial charge in [0.05, 0.1) is 11.3 Å². The summed E-state index contributed by atoms with van der Waals surface area (Å²) in [5.41, 5.74) is 3.11. The number of likely N-dealkylation sites (tertiary alicyclic amines) is 1. The molecule has 3 rings (SSSR count). The third-order valence-electron chi connectivity index (χ3n) is 5.20. The van der Waals surface area contributed by atoms with E-state index in [1.54, 1.807) is 12.1 Å². The number of amides is 2. The molecule has 0 bridgehead atoms. The number of aryl methyl sites for hydroxylation is 2. The normalized spacial score (nSPS) is 14.6. The predicted octanol–water partition coefficient (Wildman–Crippen LogP) is 4.19. The van der Waals surface area contributed by atoms with Gasteiger partial charge in [-0.25, -0.2) is 0 Å². The second-order valence-electron chi connectivity index (χ2n) is 7.63. The molecule has 0 aromatic heterocycles. The van der Waals surface area contributed by atoms with Crippen LogP contribution in [0, 0.1) is 19.8 Å². The van der Waals surface area contributed by atoms with Gasteiger partial charge < -0.3 is 15.0 Å². The number of carbonyl (C=O) groups is 2. The van der Waals surface area contributed by atoms with Crippen LogP contribution in [0.25, 0.3) is 0 Å². The Hall–Kier alpha value is -2.82. The molecule has 1 heterocycles. The van der Waals surface area contributed by atoms with Crippen molar-refractivity contribution in [2.24, 2.45) is 5.92 Å². The minimum absolute atomic E-state index is 0.0294. The molecule has 1 N–H and O–H groups in total. The molecule has 5 nitrogen and oxygen atoms in total. The monoisotopic (exact) mass is 380 g/mol. The zero-order valence-corrected chi connectivity index (χ0v) is 16.8. The fourth-order valence-corrected chi connectivity index (χ4v) is 3.35. The van der Waals surface area contributed by atoms with Gasteiger partial charge in [-0.15, -0.1) is 0 Å². The number of hydrogen-bond acceptors (Lipinski definition) is 3. The van der Waals surface area contributed by atoms with Crippen LogP contribution in [0.1, 0.15) is 41.3 Å². The van der Waals surface area contributed by atoms with Gasteiger partial charge >= 0.3 is 0 Å². The van der Waals surface area contributed by atoms with Crippen molar-refractivity contribution in [2.75, 3.05) is 25.0 Å². The molecule has 1 saturated heterocycles. The van der Waals surface area contributed by atoms with Crippen molar-refractivity contribution >= 4 is 17.5 Å². The van der Waals surface area contributed by atoms with E-state index in [1.807, 2.05) is 49.1 Å². The van der Waals surface area contributed by atoms with Crippen molar-refractivity contribution in [1.29, 1.82) is 0 Å². The SMILES string of the molecule is Cc1ccc(C)c(OCC(=O)Nc2ccccc2C(=O)N2CCC(C)CC2)c1. The van der Waals surface area contributed by atoms with E-state index in [4.69, 9.17) is 4.74 Å². The van der Waals surface area contributed by atoms with Crippen molar-refractivity contribution in [2.45, 2.75) is 33.6 Å². The van der Waals surface area contributed by atoms with Crippen LogP contribution >= 0.6 is 0 Å². The van der Waals surface area contributed by atoms with Gasteiger partial charge in [0.1, 0.15) is 5.75 Å². The van der Waals surface area contributed by atoms with E-state index in [0.29, 0.717) is 22.9 Å². The molecule has 2 aromatic rings. The minimum atomic E-state index is -0.284. The maximum absolute atomic E-state index is 12.9. The van der Waals surface area contributed by atoms with Crippen LogP contribution in [0.15, 0.2) is 42.5 Å². The minimum Gasteiger partial charge on any atom is -0.483 e. The molecule has 2 amide bonds. The van der Waals surface area contributed by atoms with Crippen LogP contribution in [-0.2, 0) is 4.79 Å². The average molecular weight is 380 g/mol. The summed E-state index contributed by atoms with van der Waals surface area (Å²) in [6.45, 7) is 7.56. The first-order chi connectivity index (χ1) is 13.4. The zero-order chi connectivity index (χ0) is 20.1. The molecule has 0 atom stereocenters. The second-order valence-corrected chi connectivity index (χ2v) is 7.63. The van der Waals surface area contributed by atoms with Crippen molar-refractivity contribution in [1.82, 2.24) is 4.90 Å². The van der Waals surface area contributed by atoms with Crippen LogP contribution in [-0.4, -0.2) is 36.4 Å². The van der Waals surface area contributed by atoms with Crippen molar-refractivity contribution in [3.63, 3.8) is 0 Å². The number of para-hydroxylation sites is 1. The highest BCUT2D eigenvalue weighted by molar-refractivity contribution is 6.04. The largest absolute Gasteiger partial charge is 0.483 e. The van der Waals surface area contributed by atoms with E-state index < -0.39 is 0 Å². The summed E-state index contributed by atoms with van der Waals surface area (Å²) in [7, 11) is 0. The first-order valence-electron chi connectivity index (χ1n) is 9.82. The molecule has 0 radical (unpaired) electrons. The summed E-state index contributed by atoms with van der Waals surface area (Å²) < 4.78 is 5.67. The lowest BCUT2D eigenvalue weighted by Crippen LogP contribution is -2.38. The van der Waals surface area contributed by atoms with Crippen LogP contribution in [0.4, 0.5) is 5.69 Å². The first kappa shape index (κ1) is 19.9. The smallest absolute Gasteiger partial charge is 0.262 e. The van der Waals surface area contributed by atoms with Crippen LogP contribution in [0.3, 0.4) is 0 Å². The summed E-state index contributed by atoms with van der Waals surface area (Å²) in [5.74, 6) is 1.04. The number of hydrogen-bond donors (Lipinski definition) is 1. The molecule has 0 saturated carbocycles. The Bertz CT molecular complexity index is 855. The van der Waals surface area contributed by atoms with Crippen LogP contribution in [0.5, 0.6) is 5.75 Å².